The van der Waals surface area contributed by atoms with Gasteiger partial charge in [0.05, 0.1) is 18.4 Å². The standard InChI is InChI=1S/C12H21N3O3S2/c1-9-7-19-12(13-9)6-15-4-10(11(16)5-15)8-20(17,18)14(2)3/h7,10-11,16H,4-6,8H2,1-3H3/t10-,11+/m0/s1. The summed E-state index contributed by atoms with van der Waals surface area (Å²) in [5.41, 5.74) is 0.997. The maximum atomic E-state index is 11.9. The highest BCUT2D eigenvalue weighted by Crippen LogP contribution is 2.22. The molecular formula is C12H21N3O3S2. The number of aliphatic hydroxyl groups is 1. The van der Waals surface area contributed by atoms with E-state index in [0.717, 1.165) is 10.7 Å². The third kappa shape index (κ3) is 3.76. The quantitative estimate of drug-likeness (QED) is 0.835. The Labute approximate surface area is 124 Å². The van der Waals surface area contributed by atoms with Crippen molar-refractivity contribution in [3.05, 3.63) is 16.1 Å². The fourth-order valence-electron chi connectivity index (χ4n) is 2.32. The van der Waals surface area contributed by atoms with E-state index in [9.17, 15) is 13.5 Å². The summed E-state index contributed by atoms with van der Waals surface area (Å²) in [6, 6.07) is 0. The lowest BCUT2D eigenvalue weighted by Gasteiger charge is -2.17. The Bertz CT molecular complexity index is 556. The molecule has 0 aliphatic carbocycles. The number of β-amino-alcohol motifs (C(OH)–C–C–N with tert-alkyl or cyclic N) is 1. The zero-order valence-corrected chi connectivity index (χ0v) is 13.6. The number of nitrogens with zero attached hydrogens (tertiary/aromatic N) is 3. The number of rotatable bonds is 5. The fraction of sp³-hybridized carbons (Fsp3) is 0.750. The van der Waals surface area contributed by atoms with E-state index in [1.165, 1.54) is 18.4 Å². The Morgan fingerprint density at radius 1 is 1.50 bits per heavy atom. The molecule has 1 aliphatic heterocycles. The van der Waals surface area contributed by atoms with Crippen molar-refractivity contribution in [2.75, 3.05) is 32.9 Å². The minimum Gasteiger partial charge on any atom is -0.391 e. The van der Waals surface area contributed by atoms with Crippen molar-refractivity contribution in [3.8, 4) is 0 Å². The summed E-state index contributed by atoms with van der Waals surface area (Å²) in [6.07, 6.45) is -0.592. The second-order valence-electron chi connectivity index (χ2n) is 5.47. The maximum absolute atomic E-state index is 11.9. The number of thiazole rings is 1. The first-order valence-corrected chi connectivity index (χ1v) is 8.98. The Kier molecular flexibility index (Phi) is 4.80. The van der Waals surface area contributed by atoms with Crippen molar-refractivity contribution in [2.45, 2.75) is 19.6 Å². The lowest BCUT2D eigenvalue weighted by atomic mass is 10.1. The highest BCUT2D eigenvalue weighted by atomic mass is 32.2. The molecule has 114 valence electrons. The second-order valence-corrected chi connectivity index (χ2v) is 8.64. The number of aromatic nitrogens is 1. The lowest BCUT2D eigenvalue weighted by molar-refractivity contribution is 0.148. The van der Waals surface area contributed by atoms with Crippen molar-refractivity contribution < 1.29 is 13.5 Å². The summed E-state index contributed by atoms with van der Waals surface area (Å²) < 4.78 is 25.0. The minimum absolute atomic E-state index is 0.00539. The molecule has 2 rings (SSSR count). The molecule has 0 spiro atoms. The number of hydrogen-bond acceptors (Lipinski definition) is 6. The van der Waals surface area contributed by atoms with Gasteiger partial charge in [-0.25, -0.2) is 17.7 Å². The van der Waals surface area contributed by atoms with Crippen molar-refractivity contribution in [1.29, 1.82) is 0 Å². The van der Waals surface area contributed by atoms with E-state index < -0.39 is 16.1 Å². The first-order valence-electron chi connectivity index (χ1n) is 6.49. The molecule has 1 aromatic rings. The Hall–Kier alpha value is -0.540. The van der Waals surface area contributed by atoms with Crippen LogP contribution in [-0.4, -0.2) is 66.8 Å². The summed E-state index contributed by atoms with van der Waals surface area (Å²) in [7, 11) is -0.232. The smallest absolute Gasteiger partial charge is 0.214 e. The van der Waals surface area contributed by atoms with Crippen LogP contribution in [0.1, 0.15) is 10.7 Å². The molecule has 1 saturated heterocycles. The summed E-state index contributed by atoms with van der Waals surface area (Å²) >= 11 is 1.60. The van der Waals surface area contributed by atoms with Gasteiger partial charge < -0.3 is 5.11 Å². The molecule has 0 bridgehead atoms. The van der Waals surface area contributed by atoms with Gasteiger partial charge in [-0.2, -0.15) is 0 Å². The molecule has 0 unspecified atom stereocenters. The van der Waals surface area contributed by atoms with Crippen LogP contribution >= 0.6 is 11.3 Å². The number of aryl methyl sites for hydroxylation is 1. The average Bonchev–Trinajstić information content (AvgIpc) is 2.86. The summed E-state index contributed by atoms with van der Waals surface area (Å²) in [5, 5.41) is 13.0. The highest BCUT2D eigenvalue weighted by molar-refractivity contribution is 7.89. The normalized spacial score (nSPS) is 24.6. The van der Waals surface area contributed by atoms with E-state index in [0.29, 0.717) is 19.6 Å². The van der Waals surface area contributed by atoms with E-state index in [1.54, 1.807) is 11.3 Å². The van der Waals surface area contributed by atoms with Gasteiger partial charge in [-0.3, -0.25) is 4.90 Å². The predicted octanol–water partition coefficient (Wildman–Crippen LogP) is 0.136. The lowest BCUT2D eigenvalue weighted by Crippen LogP contribution is -2.33. The third-order valence-electron chi connectivity index (χ3n) is 3.49. The van der Waals surface area contributed by atoms with Crippen molar-refractivity contribution in [1.82, 2.24) is 14.2 Å². The van der Waals surface area contributed by atoms with Gasteiger partial charge >= 0.3 is 0 Å². The first kappa shape index (κ1) is 15.8. The molecule has 1 fully saturated rings. The van der Waals surface area contributed by atoms with Gasteiger partial charge in [0.1, 0.15) is 5.01 Å². The molecule has 20 heavy (non-hydrogen) atoms. The molecule has 6 nitrogen and oxygen atoms in total. The summed E-state index contributed by atoms with van der Waals surface area (Å²) in [5.74, 6) is -0.238. The molecule has 8 heteroatoms. The van der Waals surface area contributed by atoms with Crippen LogP contribution in [0.15, 0.2) is 5.38 Å². The van der Waals surface area contributed by atoms with Crippen LogP contribution in [-0.2, 0) is 16.6 Å². The Balaban J connectivity index is 1.95. The SMILES string of the molecule is Cc1csc(CN2C[C@@H](CS(=O)(=O)N(C)C)[C@H](O)C2)n1. The monoisotopic (exact) mass is 319 g/mol. The van der Waals surface area contributed by atoms with Crippen LogP contribution in [0.3, 0.4) is 0 Å². The second kappa shape index (κ2) is 6.07. The van der Waals surface area contributed by atoms with Crippen molar-refractivity contribution in [2.24, 2.45) is 5.92 Å². The summed E-state index contributed by atoms with van der Waals surface area (Å²) in [6.45, 7) is 3.72. The fourth-order valence-corrected chi connectivity index (χ4v) is 4.30. The largest absolute Gasteiger partial charge is 0.391 e. The van der Waals surface area contributed by atoms with Gasteiger partial charge in [-0.1, -0.05) is 0 Å². The van der Waals surface area contributed by atoms with Gasteiger partial charge in [-0.15, -0.1) is 11.3 Å². The molecule has 2 heterocycles. The van der Waals surface area contributed by atoms with Crippen LogP contribution in [0.4, 0.5) is 0 Å². The molecule has 0 radical (unpaired) electrons. The average molecular weight is 319 g/mol. The van der Waals surface area contributed by atoms with Crippen LogP contribution in [0.2, 0.25) is 0 Å². The maximum Gasteiger partial charge on any atom is 0.214 e. The van der Waals surface area contributed by atoms with E-state index in [1.807, 2.05) is 12.3 Å². The molecule has 0 amide bonds. The van der Waals surface area contributed by atoms with E-state index in [4.69, 9.17) is 0 Å². The van der Waals surface area contributed by atoms with Crippen molar-refractivity contribution in [3.63, 3.8) is 0 Å². The number of hydrogen-bond donors (Lipinski definition) is 1. The predicted molar refractivity (Wildman–Crippen MR) is 79.1 cm³/mol. The number of likely N-dealkylation sites (tertiary alicyclic amines) is 1. The molecule has 0 saturated carbocycles. The van der Waals surface area contributed by atoms with Gasteiger partial charge in [0, 0.05) is 44.2 Å². The van der Waals surface area contributed by atoms with Crippen LogP contribution in [0.5, 0.6) is 0 Å². The highest BCUT2D eigenvalue weighted by Gasteiger charge is 2.35. The van der Waals surface area contributed by atoms with Gasteiger partial charge in [-0.05, 0) is 6.92 Å². The Morgan fingerprint density at radius 3 is 2.75 bits per heavy atom. The molecule has 1 aliphatic rings. The number of aliphatic hydroxyl groups excluding tert-OH is 1. The van der Waals surface area contributed by atoms with Crippen LogP contribution in [0, 0.1) is 12.8 Å². The van der Waals surface area contributed by atoms with Gasteiger partial charge in [0.2, 0.25) is 10.0 Å². The molecule has 2 atom stereocenters. The summed E-state index contributed by atoms with van der Waals surface area (Å²) in [4.78, 5) is 6.46. The molecule has 1 N–H and O–H groups in total. The topological polar surface area (TPSA) is 73.7 Å². The molecule has 0 aromatic carbocycles. The van der Waals surface area contributed by atoms with Crippen LogP contribution < -0.4 is 0 Å². The van der Waals surface area contributed by atoms with Crippen molar-refractivity contribution >= 4 is 21.4 Å². The van der Waals surface area contributed by atoms with E-state index in [-0.39, 0.29) is 11.7 Å². The minimum atomic E-state index is -3.27. The van der Waals surface area contributed by atoms with Crippen LogP contribution in [0.25, 0.3) is 0 Å². The van der Waals surface area contributed by atoms with E-state index in [2.05, 4.69) is 9.88 Å². The zero-order chi connectivity index (χ0) is 14.9. The van der Waals surface area contributed by atoms with Gasteiger partial charge in [0.25, 0.3) is 0 Å². The zero-order valence-electron chi connectivity index (χ0n) is 12.0. The first-order chi connectivity index (χ1) is 9.28. The molecule has 1 aromatic heterocycles. The number of sulfonamides is 1. The Morgan fingerprint density at radius 2 is 2.20 bits per heavy atom. The van der Waals surface area contributed by atoms with Gasteiger partial charge in [0.15, 0.2) is 0 Å². The van der Waals surface area contributed by atoms with E-state index >= 15 is 0 Å². The third-order valence-corrected chi connectivity index (χ3v) is 6.40. The molecular weight excluding hydrogens is 298 g/mol.